The van der Waals surface area contributed by atoms with Crippen molar-refractivity contribution in [3.05, 3.63) is 84.4 Å². The molecule has 0 aromatic heterocycles. The van der Waals surface area contributed by atoms with Gasteiger partial charge in [0.25, 0.3) is 0 Å². The van der Waals surface area contributed by atoms with Gasteiger partial charge in [-0.3, -0.25) is 9.79 Å². The van der Waals surface area contributed by atoms with Crippen LogP contribution in [0.5, 0.6) is 0 Å². The van der Waals surface area contributed by atoms with Gasteiger partial charge in [0.05, 0.1) is 5.71 Å². The first kappa shape index (κ1) is 22.6. The minimum atomic E-state index is -0.353. The molecular formula is C26H34N2O. The minimum absolute atomic E-state index is 0.0704. The molecule has 0 spiro atoms. The standard InChI is InChI=1S/C26H34N2O/c1-4-5-6-7-8-9-16-21-24(26(29)28(2)3)27-25(22-17-12-10-13-18-22)23-19-14-11-15-20-23/h4,10-15,17-20,24H,1,5-9,16,21H2,2-3H3. The Labute approximate surface area is 176 Å². The number of benzene rings is 2. The first-order valence-corrected chi connectivity index (χ1v) is 10.6. The molecule has 1 atom stereocenters. The van der Waals surface area contributed by atoms with E-state index in [-0.39, 0.29) is 11.9 Å². The summed E-state index contributed by atoms with van der Waals surface area (Å²) in [5, 5.41) is 0. The van der Waals surface area contributed by atoms with Crippen molar-refractivity contribution in [2.45, 2.75) is 51.0 Å². The zero-order chi connectivity index (χ0) is 20.9. The maximum Gasteiger partial charge on any atom is 0.246 e. The lowest BCUT2D eigenvalue weighted by molar-refractivity contribution is -0.130. The molecule has 3 nitrogen and oxygen atoms in total. The number of carbonyl (C=O) groups excluding carboxylic acids is 1. The lowest BCUT2D eigenvalue weighted by atomic mass is 10.0. The third-order valence-corrected chi connectivity index (χ3v) is 4.99. The van der Waals surface area contributed by atoms with Crippen molar-refractivity contribution in [3.8, 4) is 0 Å². The summed E-state index contributed by atoms with van der Waals surface area (Å²) >= 11 is 0. The molecule has 1 amide bonds. The summed E-state index contributed by atoms with van der Waals surface area (Å²) in [7, 11) is 3.62. The van der Waals surface area contributed by atoms with Gasteiger partial charge >= 0.3 is 0 Å². The van der Waals surface area contributed by atoms with Crippen LogP contribution in [0.3, 0.4) is 0 Å². The summed E-state index contributed by atoms with van der Waals surface area (Å²) in [6.45, 7) is 3.77. The molecule has 154 valence electrons. The molecule has 0 saturated carbocycles. The van der Waals surface area contributed by atoms with Crippen LogP contribution in [0.25, 0.3) is 0 Å². The van der Waals surface area contributed by atoms with E-state index in [0.29, 0.717) is 0 Å². The number of carbonyl (C=O) groups is 1. The van der Waals surface area contributed by atoms with Crippen molar-refractivity contribution in [3.63, 3.8) is 0 Å². The number of nitrogens with zero attached hydrogens (tertiary/aromatic N) is 2. The van der Waals surface area contributed by atoms with Crippen LogP contribution in [0.4, 0.5) is 0 Å². The molecule has 0 bridgehead atoms. The quantitative estimate of drug-likeness (QED) is 0.252. The molecule has 2 rings (SSSR count). The van der Waals surface area contributed by atoms with Crippen LogP contribution < -0.4 is 0 Å². The second-order valence-corrected chi connectivity index (χ2v) is 7.59. The lowest BCUT2D eigenvalue weighted by Crippen LogP contribution is -2.33. The molecule has 0 fully saturated rings. The number of rotatable bonds is 12. The highest BCUT2D eigenvalue weighted by atomic mass is 16.2. The number of hydrogen-bond donors (Lipinski definition) is 0. The van der Waals surface area contributed by atoms with Crippen LogP contribution in [-0.2, 0) is 4.79 Å². The molecule has 0 heterocycles. The highest BCUT2D eigenvalue weighted by molar-refractivity contribution is 6.13. The van der Waals surface area contributed by atoms with Gasteiger partial charge in [-0.05, 0) is 19.3 Å². The van der Waals surface area contributed by atoms with Gasteiger partial charge in [-0.15, -0.1) is 6.58 Å². The molecule has 0 aliphatic heterocycles. The van der Waals surface area contributed by atoms with Crippen LogP contribution in [-0.4, -0.2) is 36.7 Å². The predicted octanol–water partition coefficient (Wildman–Crippen LogP) is 5.90. The Balaban J connectivity index is 2.18. The topological polar surface area (TPSA) is 32.7 Å². The SMILES string of the molecule is C=CCCCCCCCC(N=C(c1ccccc1)c1ccccc1)C(=O)N(C)C. The summed E-state index contributed by atoms with van der Waals surface area (Å²) in [6.07, 6.45) is 9.62. The van der Waals surface area contributed by atoms with Crippen molar-refractivity contribution >= 4 is 11.6 Å². The van der Waals surface area contributed by atoms with E-state index in [1.54, 1.807) is 4.90 Å². The summed E-state index contributed by atoms with van der Waals surface area (Å²) in [6, 6.07) is 19.9. The molecule has 2 aromatic carbocycles. The van der Waals surface area contributed by atoms with Crippen molar-refractivity contribution in [2.24, 2.45) is 4.99 Å². The number of amides is 1. The Morgan fingerprint density at radius 2 is 1.41 bits per heavy atom. The number of unbranched alkanes of at least 4 members (excludes halogenated alkanes) is 5. The van der Waals surface area contributed by atoms with E-state index in [1.807, 2.05) is 56.6 Å². The van der Waals surface area contributed by atoms with E-state index in [9.17, 15) is 4.79 Å². The summed E-state index contributed by atoms with van der Waals surface area (Å²) in [5.74, 6) is 0.0704. The highest BCUT2D eigenvalue weighted by Crippen LogP contribution is 2.17. The van der Waals surface area contributed by atoms with E-state index in [1.165, 1.54) is 19.3 Å². The van der Waals surface area contributed by atoms with E-state index in [2.05, 4.69) is 30.8 Å². The third-order valence-electron chi connectivity index (χ3n) is 4.99. The summed E-state index contributed by atoms with van der Waals surface area (Å²) < 4.78 is 0. The fraction of sp³-hybridized carbons (Fsp3) is 0.385. The zero-order valence-electron chi connectivity index (χ0n) is 17.9. The minimum Gasteiger partial charge on any atom is -0.347 e. The third kappa shape index (κ3) is 7.69. The molecule has 0 saturated heterocycles. The monoisotopic (exact) mass is 390 g/mol. The van der Waals surface area contributed by atoms with E-state index in [4.69, 9.17) is 4.99 Å². The average Bonchev–Trinajstić information content (AvgIpc) is 2.76. The van der Waals surface area contributed by atoms with E-state index < -0.39 is 0 Å². The molecule has 1 unspecified atom stereocenters. The first-order valence-electron chi connectivity index (χ1n) is 10.6. The number of aliphatic imine (C=N–C) groups is 1. The Kier molecular flexibility index (Phi) is 9.91. The molecule has 29 heavy (non-hydrogen) atoms. The fourth-order valence-corrected chi connectivity index (χ4v) is 3.36. The van der Waals surface area contributed by atoms with Gasteiger partial charge in [0.15, 0.2) is 0 Å². The van der Waals surface area contributed by atoms with Crippen molar-refractivity contribution < 1.29 is 4.79 Å². The Morgan fingerprint density at radius 1 is 0.897 bits per heavy atom. The number of likely N-dealkylation sites (N-methyl/N-ethyl adjacent to an activating group) is 1. The van der Waals surface area contributed by atoms with Crippen LogP contribution in [0.1, 0.15) is 56.1 Å². The summed E-state index contributed by atoms with van der Waals surface area (Å²) in [4.78, 5) is 19.5. The maximum atomic E-state index is 12.9. The van der Waals surface area contributed by atoms with Gasteiger partial charge in [-0.2, -0.15) is 0 Å². The number of allylic oxidation sites excluding steroid dienone is 1. The highest BCUT2D eigenvalue weighted by Gasteiger charge is 2.21. The lowest BCUT2D eigenvalue weighted by Gasteiger charge is -2.19. The maximum absolute atomic E-state index is 12.9. The predicted molar refractivity (Wildman–Crippen MR) is 124 cm³/mol. The average molecular weight is 391 g/mol. The van der Waals surface area contributed by atoms with Gasteiger partial charge in [0, 0.05) is 25.2 Å². The Morgan fingerprint density at radius 3 is 1.93 bits per heavy atom. The normalized spacial score (nSPS) is 11.5. The van der Waals surface area contributed by atoms with Crippen molar-refractivity contribution in [2.75, 3.05) is 14.1 Å². The molecular weight excluding hydrogens is 356 g/mol. The van der Waals surface area contributed by atoms with Gasteiger partial charge < -0.3 is 4.90 Å². The van der Waals surface area contributed by atoms with Gasteiger partial charge in [-0.25, -0.2) is 0 Å². The van der Waals surface area contributed by atoms with Crippen molar-refractivity contribution in [1.29, 1.82) is 0 Å². The van der Waals surface area contributed by atoms with Crippen LogP contribution in [0.2, 0.25) is 0 Å². The summed E-state index contributed by atoms with van der Waals surface area (Å²) in [5.41, 5.74) is 2.97. The van der Waals surface area contributed by atoms with Crippen LogP contribution >= 0.6 is 0 Å². The largest absolute Gasteiger partial charge is 0.347 e. The van der Waals surface area contributed by atoms with Crippen LogP contribution in [0, 0.1) is 0 Å². The van der Waals surface area contributed by atoms with Crippen LogP contribution in [0.15, 0.2) is 78.3 Å². The smallest absolute Gasteiger partial charge is 0.246 e. The molecule has 0 radical (unpaired) electrons. The Bertz CT molecular complexity index is 724. The molecule has 0 aliphatic carbocycles. The Hall–Kier alpha value is -2.68. The van der Waals surface area contributed by atoms with E-state index in [0.717, 1.165) is 42.5 Å². The second kappa shape index (κ2) is 12.7. The van der Waals surface area contributed by atoms with E-state index >= 15 is 0 Å². The van der Waals surface area contributed by atoms with Gasteiger partial charge in [0.1, 0.15) is 6.04 Å². The van der Waals surface area contributed by atoms with Gasteiger partial charge in [0.2, 0.25) is 5.91 Å². The zero-order valence-corrected chi connectivity index (χ0v) is 17.9. The fourth-order valence-electron chi connectivity index (χ4n) is 3.36. The molecule has 0 aliphatic rings. The second-order valence-electron chi connectivity index (χ2n) is 7.59. The van der Waals surface area contributed by atoms with Crippen molar-refractivity contribution in [1.82, 2.24) is 4.90 Å². The molecule has 0 N–H and O–H groups in total. The van der Waals surface area contributed by atoms with Gasteiger partial charge in [-0.1, -0.05) is 92.4 Å². The molecule has 3 heteroatoms. The first-order chi connectivity index (χ1) is 14.1. The molecule has 2 aromatic rings. The number of hydrogen-bond acceptors (Lipinski definition) is 2.